The van der Waals surface area contributed by atoms with Crippen molar-refractivity contribution >= 4 is 39.5 Å². The van der Waals surface area contributed by atoms with E-state index >= 15 is 0 Å². The zero-order valence-corrected chi connectivity index (χ0v) is 63.2. The second-order valence-corrected chi connectivity index (χ2v) is 31.4. The molecule has 0 rings (SSSR count). The number of aliphatic hydroxyl groups excluding tert-OH is 1. The number of carbonyl (C=O) groups is 4. The van der Waals surface area contributed by atoms with Gasteiger partial charge >= 0.3 is 39.5 Å². The second-order valence-electron chi connectivity index (χ2n) is 28.5. The van der Waals surface area contributed by atoms with Gasteiger partial charge in [-0.25, -0.2) is 9.13 Å². The van der Waals surface area contributed by atoms with Crippen LogP contribution < -0.4 is 0 Å². The van der Waals surface area contributed by atoms with Crippen molar-refractivity contribution in [2.75, 3.05) is 39.6 Å². The molecule has 0 aromatic rings. The van der Waals surface area contributed by atoms with Gasteiger partial charge in [0.15, 0.2) is 12.2 Å². The molecule has 0 fully saturated rings. The van der Waals surface area contributed by atoms with Crippen molar-refractivity contribution < 1.29 is 80.2 Å². The Bertz CT molecular complexity index is 1840. The second kappa shape index (κ2) is 65.7. The van der Waals surface area contributed by atoms with Gasteiger partial charge in [0.25, 0.3) is 0 Å². The molecule has 558 valence electrons. The molecule has 2 unspecified atom stereocenters. The average Bonchev–Trinajstić information content (AvgIpc) is 1.54. The van der Waals surface area contributed by atoms with Crippen LogP contribution in [0, 0.1) is 17.8 Å². The van der Waals surface area contributed by atoms with Crippen molar-refractivity contribution in [2.45, 2.75) is 401 Å². The maximum absolute atomic E-state index is 13.1. The van der Waals surface area contributed by atoms with Crippen LogP contribution in [0.1, 0.15) is 382 Å². The molecule has 0 radical (unpaired) electrons. The Kier molecular flexibility index (Phi) is 64.3. The molecule has 0 aliphatic heterocycles. The van der Waals surface area contributed by atoms with Gasteiger partial charge in [0.05, 0.1) is 26.4 Å². The Labute approximate surface area is 575 Å². The van der Waals surface area contributed by atoms with Crippen molar-refractivity contribution in [1.29, 1.82) is 0 Å². The zero-order valence-electron chi connectivity index (χ0n) is 61.4. The highest BCUT2D eigenvalue weighted by Gasteiger charge is 2.30. The zero-order chi connectivity index (χ0) is 69.4. The summed E-state index contributed by atoms with van der Waals surface area (Å²) >= 11 is 0. The fourth-order valence-corrected chi connectivity index (χ4v) is 13.0. The molecule has 0 bridgehead atoms. The minimum atomic E-state index is -4.96. The molecule has 0 saturated carbocycles. The lowest BCUT2D eigenvalue weighted by Crippen LogP contribution is -2.30. The standard InChI is InChI=1S/C75H146O17P2/c1-8-9-10-11-12-13-14-17-21-28-35-42-49-56-72(77)85-62-70(91-74(79)58-51-44-37-29-22-19-16-15-18-20-25-32-39-46-53-66(2)3)64-89-93(81,82)87-60-69(76)61-88-94(83,84)90-65-71(92-75(80)59-52-45-38-31-24-27-34-41-48-55-68(6)7)63-86-73(78)57-50-43-36-30-23-26-33-40-47-54-67(4)5/h66-71,76H,8-65H2,1-7H3,(H,81,82)(H,83,84)/t69-,70-,71-/m1/s1. The van der Waals surface area contributed by atoms with E-state index in [4.69, 9.17) is 37.0 Å². The third kappa shape index (κ3) is 68.6. The van der Waals surface area contributed by atoms with Crippen LogP contribution in [0.3, 0.4) is 0 Å². The van der Waals surface area contributed by atoms with E-state index in [-0.39, 0.29) is 25.7 Å². The number of hydrogen-bond acceptors (Lipinski definition) is 15. The van der Waals surface area contributed by atoms with Gasteiger partial charge in [-0.15, -0.1) is 0 Å². The first-order valence-electron chi connectivity index (χ1n) is 38.8. The molecule has 94 heavy (non-hydrogen) atoms. The third-order valence-corrected chi connectivity index (χ3v) is 19.3. The Morgan fingerprint density at radius 1 is 0.287 bits per heavy atom. The monoisotopic (exact) mass is 1380 g/mol. The number of aliphatic hydroxyl groups is 1. The molecular formula is C75H146O17P2. The van der Waals surface area contributed by atoms with Crippen molar-refractivity contribution in [3.05, 3.63) is 0 Å². The van der Waals surface area contributed by atoms with E-state index in [0.717, 1.165) is 108 Å². The molecule has 3 N–H and O–H groups in total. The van der Waals surface area contributed by atoms with Crippen molar-refractivity contribution in [3.63, 3.8) is 0 Å². The Morgan fingerprint density at radius 3 is 0.723 bits per heavy atom. The first-order chi connectivity index (χ1) is 45.2. The van der Waals surface area contributed by atoms with Crippen LogP contribution in [0.2, 0.25) is 0 Å². The van der Waals surface area contributed by atoms with E-state index in [1.54, 1.807) is 0 Å². The maximum atomic E-state index is 13.1. The van der Waals surface area contributed by atoms with Crippen molar-refractivity contribution in [1.82, 2.24) is 0 Å². The molecule has 0 aromatic heterocycles. The highest BCUT2D eigenvalue weighted by atomic mass is 31.2. The number of hydrogen-bond donors (Lipinski definition) is 3. The van der Waals surface area contributed by atoms with Crippen LogP contribution in [0.4, 0.5) is 0 Å². The molecule has 0 amide bonds. The maximum Gasteiger partial charge on any atom is 0.472 e. The minimum absolute atomic E-state index is 0.105. The van der Waals surface area contributed by atoms with Crippen LogP contribution in [-0.4, -0.2) is 96.7 Å². The lowest BCUT2D eigenvalue weighted by atomic mass is 10.0. The van der Waals surface area contributed by atoms with Gasteiger partial charge in [-0.3, -0.25) is 37.3 Å². The van der Waals surface area contributed by atoms with Crippen LogP contribution in [0.15, 0.2) is 0 Å². The summed E-state index contributed by atoms with van der Waals surface area (Å²) in [6.07, 6.45) is 51.3. The number of carbonyl (C=O) groups excluding carboxylic acids is 4. The fraction of sp³-hybridized carbons (Fsp3) is 0.947. The summed E-state index contributed by atoms with van der Waals surface area (Å²) in [6.45, 7) is 11.9. The fourth-order valence-electron chi connectivity index (χ4n) is 11.4. The molecule has 0 spiro atoms. The summed E-state index contributed by atoms with van der Waals surface area (Å²) in [4.78, 5) is 72.8. The third-order valence-electron chi connectivity index (χ3n) is 17.4. The van der Waals surface area contributed by atoms with E-state index in [9.17, 15) is 43.2 Å². The number of phosphoric acid groups is 2. The molecule has 5 atom stereocenters. The number of unbranched alkanes of at least 4 members (excludes halogenated alkanes) is 41. The summed E-state index contributed by atoms with van der Waals surface area (Å²) in [6, 6.07) is 0. The van der Waals surface area contributed by atoms with E-state index < -0.39 is 97.5 Å². The number of phosphoric ester groups is 2. The van der Waals surface area contributed by atoms with Crippen LogP contribution in [0.25, 0.3) is 0 Å². The van der Waals surface area contributed by atoms with E-state index in [1.165, 1.54) is 193 Å². The molecule has 0 aromatic carbocycles. The lowest BCUT2D eigenvalue weighted by molar-refractivity contribution is -0.161. The van der Waals surface area contributed by atoms with Crippen LogP contribution in [-0.2, 0) is 65.4 Å². The predicted molar refractivity (Wildman–Crippen MR) is 381 cm³/mol. The minimum Gasteiger partial charge on any atom is -0.462 e. The van der Waals surface area contributed by atoms with Gasteiger partial charge in [0.1, 0.15) is 19.3 Å². The SMILES string of the molecule is CCCCCCCCCCCCCCCC(=O)OC[C@H](COP(=O)(O)OC[C@@H](O)COP(=O)(O)OC[C@@H](COC(=O)CCCCCCCCCCCC(C)C)OC(=O)CCCCCCCCCCCC(C)C)OC(=O)CCCCCCCCCCCCCCCCC(C)C. The van der Waals surface area contributed by atoms with E-state index in [2.05, 4.69) is 48.5 Å². The Morgan fingerprint density at radius 2 is 0.489 bits per heavy atom. The van der Waals surface area contributed by atoms with E-state index in [0.29, 0.717) is 25.7 Å². The van der Waals surface area contributed by atoms with Gasteiger partial charge in [0.2, 0.25) is 0 Å². The average molecular weight is 1380 g/mol. The van der Waals surface area contributed by atoms with Gasteiger partial charge in [-0.05, 0) is 43.4 Å². The van der Waals surface area contributed by atoms with Crippen LogP contribution >= 0.6 is 15.6 Å². The number of rotatable bonds is 73. The summed E-state index contributed by atoms with van der Waals surface area (Å²) in [5.41, 5.74) is 0. The summed E-state index contributed by atoms with van der Waals surface area (Å²) < 4.78 is 68.5. The Balaban J connectivity index is 5.26. The number of ether oxygens (including phenoxy) is 4. The number of esters is 4. The van der Waals surface area contributed by atoms with Gasteiger partial charge in [-0.1, -0.05) is 331 Å². The molecule has 19 heteroatoms. The van der Waals surface area contributed by atoms with Crippen molar-refractivity contribution in [3.8, 4) is 0 Å². The predicted octanol–water partition coefficient (Wildman–Crippen LogP) is 21.8. The molecule has 0 saturated heterocycles. The lowest BCUT2D eigenvalue weighted by Gasteiger charge is -2.21. The Hall–Kier alpha value is -1.94. The molecule has 0 heterocycles. The topological polar surface area (TPSA) is 237 Å². The first kappa shape index (κ1) is 92.1. The first-order valence-corrected chi connectivity index (χ1v) is 41.8. The molecule has 17 nitrogen and oxygen atoms in total. The summed E-state index contributed by atoms with van der Waals surface area (Å²) in [5.74, 6) is 0.157. The van der Waals surface area contributed by atoms with Crippen molar-refractivity contribution in [2.24, 2.45) is 17.8 Å². The molecular weight excluding hydrogens is 1230 g/mol. The summed E-state index contributed by atoms with van der Waals surface area (Å²) in [7, 11) is -9.91. The normalized spacial score (nSPS) is 14.1. The summed E-state index contributed by atoms with van der Waals surface area (Å²) in [5, 5.41) is 10.6. The smallest absolute Gasteiger partial charge is 0.462 e. The molecule has 0 aliphatic rings. The van der Waals surface area contributed by atoms with Gasteiger partial charge in [0, 0.05) is 25.7 Å². The van der Waals surface area contributed by atoms with Crippen LogP contribution in [0.5, 0.6) is 0 Å². The highest BCUT2D eigenvalue weighted by Crippen LogP contribution is 2.45. The largest absolute Gasteiger partial charge is 0.472 e. The molecule has 0 aliphatic carbocycles. The quantitative estimate of drug-likeness (QED) is 0.0222. The highest BCUT2D eigenvalue weighted by molar-refractivity contribution is 7.47. The van der Waals surface area contributed by atoms with Gasteiger partial charge in [-0.2, -0.15) is 0 Å². The van der Waals surface area contributed by atoms with Gasteiger partial charge < -0.3 is 33.8 Å². The van der Waals surface area contributed by atoms with E-state index in [1.807, 2.05) is 0 Å².